The van der Waals surface area contributed by atoms with Gasteiger partial charge in [-0.1, -0.05) is 11.6 Å². The molecule has 1 aliphatic heterocycles. The molecule has 0 radical (unpaired) electrons. The van der Waals surface area contributed by atoms with Gasteiger partial charge in [0.15, 0.2) is 9.84 Å². The quantitative estimate of drug-likeness (QED) is 0.833. The van der Waals surface area contributed by atoms with E-state index in [0.717, 1.165) is 0 Å². The summed E-state index contributed by atoms with van der Waals surface area (Å²) >= 11 is 7.08. The van der Waals surface area contributed by atoms with Crippen LogP contribution >= 0.6 is 22.9 Å². The summed E-state index contributed by atoms with van der Waals surface area (Å²) < 4.78 is 28.6. The van der Waals surface area contributed by atoms with Crippen LogP contribution in [0.5, 0.6) is 5.75 Å². The van der Waals surface area contributed by atoms with Crippen LogP contribution in [-0.2, 0) is 16.4 Å². The smallest absolute Gasteiger partial charge is 0.263 e. The number of rotatable bonds is 5. The molecule has 1 amide bonds. The number of nitrogens with one attached hydrogen (secondary N) is 1. The van der Waals surface area contributed by atoms with Crippen LogP contribution in [0, 0.1) is 6.92 Å². The van der Waals surface area contributed by atoms with Gasteiger partial charge in [0.1, 0.15) is 22.2 Å². The maximum atomic E-state index is 12.4. The Morgan fingerprint density at radius 1 is 1.40 bits per heavy atom. The van der Waals surface area contributed by atoms with Gasteiger partial charge in [0.2, 0.25) is 0 Å². The highest BCUT2D eigenvalue weighted by molar-refractivity contribution is 7.91. The number of hydrogen-bond acceptors (Lipinski definition) is 6. The molecule has 134 valence electrons. The van der Waals surface area contributed by atoms with E-state index in [1.807, 2.05) is 0 Å². The number of thiazole rings is 1. The summed E-state index contributed by atoms with van der Waals surface area (Å²) in [6.07, 6.45) is 0.457. The summed E-state index contributed by atoms with van der Waals surface area (Å²) in [5.41, 5.74) is 0.609. The molecule has 2 aromatic rings. The van der Waals surface area contributed by atoms with Gasteiger partial charge < -0.3 is 10.1 Å². The average Bonchev–Trinajstić information content (AvgIpc) is 3.09. The molecule has 0 aliphatic carbocycles. The van der Waals surface area contributed by atoms with E-state index in [2.05, 4.69) is 10.3 Å². The lowest BCUT2D eigenvalue weighted by Gasteiger charge is -2.09. The first-order valence-corrected chi connectivity index (χ1v) is 10.7. The highest BCUT2D eigenvalue weighted by atomic mass is 35.5. The van der Waals surface area contributed by atoms with E-state index < -0.39 is 9.84 Å². The molecule has 3 rings (SSSR count). The van der Waals surface area contributed by atoms with E-state index in [9.17, 15) is 13.2 Å². The van der Waals surface area contributed by atoms with Crippen molar-refractivity contribution in [1.82, 2.24) is 10.3 Å². The largest absolute Gasteiger partial charge is 0.486 e. The lowest BCUT2D eigenvalue weighted by Crippen LogP contribution is -2.35. The SMILES string of the molecule is Cc1nc(COc2ccc(Cl)cc2)sc1C(=O)NC1CCS(=O)(=O)C1. The third-order valence-corrected chi connectivity index (χ3v) is 6.94. The van der Waals surface area contributed by atoms with Crippen LogP contribution in [0.25, 0.3) is 0 Å². The molecule has 2 heterocycles. The molecule has 1 unspecified atom stereocenters. The molecule has 0 bridgehead atoms. The van der Waals surface area contributed by atoms with Crippen molar-refractivity contribution in [3.05, 3.63) is 44.9 Å². The van der Waals surface area contributed by atoms with Crippen molar-refractivity contribution in [2.24, 2.45) is 0 Å². The van der Waals surface area contributed by atoms with Crippen LogP contribution in [0.2, 0.25) is 5.02 Å². The Hall–Kier alpha value is -1.64. The molecule has 0 saturated carbocycles. The molecular formula is C16H17ClN2O4S2. The highest BCUT2D eigenvalue weighted by Gasteiger charge is 2.30. The summed E-state index contributed by atoms with van der Waals surface area (Å²) in [7, 11) is -3.03. The first-order chi connectivity index (χ1) is 11.8. The number of hydrogen-bond donors (Lipinski definition) is 1. The zero-order chi connectivity index (χ0) is 18.0. The topological polar surface area (TPSA) is 85.4 Å². The third kappa shape index (κ3) is 4.71. The van der Waals surface area contributed by atoms with E-state index in [4.69, 9.17) is 16.3 Å². The van der Waals surface area contributed by atoms with Gasteiger partial charge in [-0.2, -0.15) is 0 Å². The summed E-state index contributed by atoms with van der Waals surface area (Å²) in [5, 5.41) is 4.09. The van der Waals surface area contributed by atoms with Gasteiger partial charge in [0.25, 0.3) is 5.91 Å². The third-order valence-electron chi connectivity index (χ3n) is 3.79. The minimum atomic E-state index is -3.03. The monoisotopic (exact) mass is 400 g/mol. The first kappa shape index (κ1) is 18.2. The fourth-order valence-electron chi connectivity index (χ4n) is 2.56. The van der Waals surface area contributed by atoms with Gasteiger partial charge in [-0.25, -0.2) is 13.4 Å². The minimum absolute atomic E-state index is 0.00310. The van der Waals surface area contributed by atoms with Crippen molar-refractivity contribution < 1.29 is 17.9 Å². The normalized spacial score (nSPS) is 18.9. The Labute approximate surface area is 155 Å². The van der Waals surface area contributed by atoms with Crippen molar-refractivity contribution in [3.63, 3.8) is 0 Å². The fourth-order valence-corrected chi connectivity index (χ4v) is 5.24. The van der Waals surface area contributed by atoms with E-state index in [1.54, 1.807) is 31.2 Å². The lowest BCUT2D eigenvalue weighted by atomic mass is 10.2. The second-order valence-corrected chi connectivity index (χ2v) is 9.59. The Bertz CT molecular complexity index is 878. The standard InChI is InChI=1S/C16H17ClN2O4S2/c1-10-15(16(20)19-12-6-7-25(21,22)9-12)24-14(18-10)8-23-13-4-2-11(17)3-5-13/h2-5,12H,6-9H2,1H3,(H,19,20). The number of halogens is 1. The van der Waals surface area contributed by atoms with Crippen LogP contribution < -0.4 is 10.1 Å². The number of amides is 1. The molecule has 1 fully saturated rings. The minimum Gasteiger partial charge on any atom is -0.486 e. The van der Waals surface area contributed by atoms with E-state index in [1.165, 1.54) is 11.3 Å². The van der Waals surface area contributed by atoms with Crippen LogP contribution in [-0.4, -0.2) is 36.9 Å². The Morgan fingerprint density at radius 3 is 2.76 bits per heavy atom. The second kappa shape index (κ2) is 7.31. The Balaban J connectivity index is 1.61. The summed E-state index contributed by atoms with van der Waals surface area (Å²) in [4.78, 5) is 17.2. The number of aryl methyl sites for hydroxylation is 1. The first-order valence-electron chi connectivity index (χ1n) is 7.68. The Morgan fingerprint density at radius 2 is 2.12 bits per heavy atom. The molecule has 1 atom stereocenters. The predicted molar refractivity (Wildman–Crippen MR) is 97.2 cm³/mol. The number of carbonyl (C=O) groups excluding carboxylic acids is 1. The van der Waals surface area contributed by atoms with Gasteiger partial charge in [0, 0.05) is 11.1 Å². The maximum absolute atomic E-state index is 12.4. The lowest BCUT2D eigenvalue weighted by molar-refractivity contribution is 0.0944. The zero-order valence-electron chi connectivity index (χ0n) is 13.5. The van der Waals surface area contributed by atoms with Gasteiger partial charge in [0.05, 0.1) is 17.2 Å². The molecule has 25 heavy (non-hydrogen) atoms. The fraction of sp³-hybridized carbons (Fsp3) is 0.375. The number of carbonyl (C=O) groups is 1. The van der Waals surface area contributed by atoms with Gasteiger partial charge in [-0.15, -0.1) is 11.3 Å². The van der Waals surface area contributed by atoms with Crippen molar-refractivity contribution in [1.29, 1.82) is 0 Å². The number of nitrogens with zero attached hydrogens (tertiary/aromatic N) is 1. The van der Waals surface area contributed by atoms with E-state index >= 15 is 0 Å². The zero-order valence-corrected chi connectivity index (χ0v) is 15.9. The number of aromatic nitrogens is 1. The van der Waals surface area contributed by atoms with Gasteiger partial charge >= 0.3 is 0 Å². The summed E-state index contributed by atoms with van der Waals surface area (Å²) in [6.45, 7) is 2.00. The molecular weight excluding hydrogens is 384 g/mol. The molecule has 9 heteroatoms. The number of ether oxygens (including phenoxy) is 1. The molecule has 1 N–H and O–H groups in total. The highest BCUT2D eigenvalue weighted by Crippen LogP contribution is 2.22. The van der Waals surface area contributed by atoms with Crippen molar-refractivity contribution >= 4 is 38.7 Å². The van der Waals surface area contributed by atoms with Gasteiger partial charge in [-0.3, -0.25) is 4.79 Å². The van der Waals surface area contributed by atoms with E-state index in [-0.39, 0.29) is 30.1 Å². The molecule has 1 aromatic heterocycles. The van der Waals surface area contributed by atoms with Crippen LogP contribution in [0.15, 0.2) is 24.3 Å². The second-order valence-electron chi connectivity index (χ2n) is 5.84. The van der Waals surface area contributed by atoms with Gasteiger partial charge in [-0.05, 0) is 37.6 Å². The molecule has 0 spiro atoms. The maximum Gasteiger partial charge on any atom is 0.263 e. The molecule has 1 saturated heterocycles. The van der Waals surface area contributed by atoms with E-state index in [0.29, 0.717) is 32.8 Å². The summed E-state index contributed by atoms with van der Waals surface area (Å²) in [5.74, 6) is 0.511. The number of sulfone groups is 1. The molecule has 1 aromatic carbocycles. The summed E-state index contributed by atoms with van der Waals surface area (Å²) in [6, 6.07) is 6.66. The van der Waals surface area contributed by atoms with Crippen molar-refractivity contribution in [3.8, 4) is 5.75 Å². The predicted octanol–water partition coefficient (Wildman–Crippen LogP) is 2.60. The van der Waals surface area contributed by atoms with Crippen LogP contribution in [0.3, 0.4) is 0 Å². The number of benzene rings is 1. The van der Waals surface area contributed by atoms with Crippen molar-refractivity contribution in [2.45, 2.75) is 26.0 Å². The van der Waals surface area contributed by atoms with Crippen molar-refractivity contribution in [2.75, 3.05) is 11.5 Å². The molecule has 6 nitrogen and oxygen atoms in total. The Kier molecular flexibility index (Phi) is 5.31. The van der Waals surface area contributed by atoms with Crippen LogP contribution in [0.1, 0.15) is 26.8 Å². The molecule has 1 aliphatic rings. The average molecular weight is 401 g/mol. The van der Waals surface area contributed by atoms with Crippen LogP contribution in [0.4, 0.5) is 0 Å².